The van der Waals surface area contributed by atoms with Crippen molar-refractivity contribution < 1.29 is 192 Å². The second kappa shape index (κ2) is 44.7. The number of amides is 2. The number of thioether (sulfide) groups is 2. The van der Waals surface area contributed by atoms with Crippen LogP contribution in [0, 0.1) is 5.92 Å². The molecule has 0 aromatic carbocycles. The summed E-state index contributed by atoms with van der Waals surface area (Å²) in [6.45, 7) is -3.37. The van der Waals surface area contributed by atoms with Gasteiger partial charge in [0.2, 0.25) is 11.8 Å². The normalized spacial score (nSPS) is 43.0. The third-order valence-corrected chi connectivity index (χ3v) is 22.2. The van der Waals surface area contributed by atoms with E-state index in [0.717, 1.165) is 23.5 Å². The van der Waals surface area contributed by atoms with Gasteiger partial charge in [-0.05, 0) is 14.0 Å². The number of thiol groups is 2. The first-order valence-corrected chi connectivity index (χ1v) is 39.2. The van der Waals surface area contributed by atoms with Crippen molar-refractivity contribution in [1.29, 1.82) is 0 Å². The standard InChI is InChI=1S/C63H107N3O39S4/c1-23(72)3-7-90-9-10-91-8-4-25(73)13-24(55(88)65-5-11-106)19-108-21-32-53-39(79)46(86)62(97-32)102-51-30(17-70)93-59(42(82)35(51)75)101-50-29(16-69)96-61(45(85)38(50)78)105-54-33(22-109-20-26(64-2)56(89)66-6-12-107)98-63(47(87)40(54)80)103-52-31(18-71)94-58(43(83)36(52)76)99-48-27(14-67)92-57(41(81)34(48)74)100-49-28(15-68)95-60(104-53)44(84)37(49)77/h24,26-54,57-64,67-71,74-87,106-107H,3-22H2,1-2H3,(H,65,88)(H,66,89)/t24?,26?,27?,28?,29?,30?,31?,32?,33?,34-,35-,36-,37-,38-,39-,40-,41?,42?,43?,44?,45?,46?,47?,48-,49-,50-,51-,52-,53-,54-,57-,58-,59+,60-,61+,62-,63+/m1/s1. The minimum Gasteiger partial charge on any atom is -0.394 e. The van der Waals surface area contributed by atoms with E-state index in [1.54, 1.807) is 0 Å². The number of nitrogens with one attached hydrogen (secondary N) is 3. The van der Waals surface area contributed by atoms with Crippen LogP contribution in [0.2, 0.25) is 0 Å². The van der Waals surface area contributed by atoms with Crippen LogP contribution in [0.15, 0.2) is 0 Å². The fourth-order valence-electron chi connectivity index (χ4n) is 13.3. The summed E-state index contributed by atoms with van der Waals surface area (Å²) in [5, 5.41) is 227. The Kier molecular flexibility index (Phi) is 38.0. The van der Waals surface area contributed by atoms with E-state index in [4.69, 9.17) is 75.8 Å². The molecular formula is C63H107N3O39S4. The number of hydrogen-bond acceptors (Lipinski definition) is 44. The first-order chi connectivity index (χ1) is 52.1. The van der Waals surface area contributed by atoms with Crippen molar-refractivity contribution >= 4 is 72.2 Å². The number of aliphatic hydroxyl groups is 19. The highest BCUT2D eigenvalue weighted by Crippen LogP contribution is 2.40. The predicted octanol–water partition coefficient (Wildman–Crippen LogP) is -13.1. The molecule has 16 unspecified atom stereocenters. The van der Waals surface area contributed by atoms with Crippen molar-refractivity contribution in [3.8, 4) is 0 Å². The molecule has 0 aromatic rings. The van der Waals surface area contributed by atoms with Crippen LogP contribution in [0.1, 0.15) is 26.2 Å². The molecule has 42 nitrogen and oxygen atoms in total. The van der Waals surface area contributed by atoms with Gasteiger partial charge in [0, 0.05) is 66.9 Å². The van der Waals surface area contributed by atoms with E-state index < -0.39 is 278 Å². The quantitative estimate of drug-likeness (QED) is 0.0226. The molecule has 21 saturated heterocycles. The largest absolute Gasteiger partial charge is 0.394 e. The maximum atomic E-state index is 13.7. The zero-order valence-electron chi connectivity index (χ0n) is 59.4. The molecule has 21 heterocycles. The van der Waals surface area contributed by atoms with Gasteiger partial charge in [-0.15, -0.1) is 0 Å². The van der Waals surface area contributed by atoms with Crippen molar-refractivity contribution in [2.75, 3.05) is 114 Å². The lowest BCUT2D eigenvalue weighted by atomic mass is 9.95. The van der Waals surface area contributed by atoms with E-state index in [1.165, 1.54) is 14.0 Å². The number of hydrogen-bond donors (Lipinski definition) is 24. The van der Waals surface area contributed by atoms with E-state index in [0.29, 0.717) is 5.75 Å². The summed E-state index contributed by atoms with van der Waals surface area (Å²) in [6.07, 6.45) is -72.0. The topological polar surface area (TPSA) is 636 Å². The summed E-state index contributed by atoms with van der Waals surface area (Å²) in [5.41, 5.74) is 0. The molecule has 14 bridgehead atoms. The van der Waals surface area contributed by atoms with Crippen LogP contribution in [-0.4, -0.2) is 456 Å². The molecule has 109 heavy (non-hydrogen) atoms. The molecule has 21 rings (SSSR count). The van der Waals surface area contributed by atoms with Crippen LogP contribution in [0.5, 0.6) is 0 Å². The Labute approximate surface area is 644 Å². The number of carbonyl (C=O) groups is 4. The van der Waals surface area contributed by atoms with Crippen LogP contribution in [-0.2, 0) is 95.0 Å². The number of ketones is 2. The van der Waals surface area contributed by atoms with Gasteiger partial charge in [0.1, 0.15) is 170 Å². The van der Waals surface area contributed by atoms with E-state index in [2.05, 4.69) is 41.2 Å². The lowest BCUT2D eigenvalue weighted by molar-refractivity contribution is -0.395. The summed E-state index contributed by atoms with van der Waals surface area (Å²) in [4.78, 5) is 51.3. The first-order valence-electron chi connectivity index (χ1n) is 35.6. The van der Waals surface area contributed by atoms with Crippen LogP contribution in [0.25, 0.3) is 0 Å². The van der Waals surface area contributed by atoms with Crippen molar-refractivity contribution in [2.45, 2.75) is 247 Å². The summed E-state index contributed by atoms with van der Waals surface area (Å²) >= 11 is 10.2. The number of ether oxygens (including phenoxy) is 16. The maximum absolute atomic E-state index is 13.7. The Morgan fingerprint density at radius 2 is 0.633 bits per heavy atom. The van der Waals surface area contributed by atoms with Gasteiger partial charge in [-0.25, -0.2) is 0 Å². The third kappa shape index (κ3) is 23.6. The Bertz CT molecular complexity index is 2740. The van der Waals surface area contributed by atoms with Crippen LogP contribution >= 0.6 is 48.8 Å². The monoisotopic (exact) mass is 1660 g/mol. The van der Waals surface area contributed by atoms with Gasteiger partial charge in [0.15, 0.2) is 44.0 Å². The summed E-state index contributed by atoms with van der Waals surface area (Å²) < 4.78 is 94.6. The van der Waals surface area contributed by atoms with Gasteiger partial charge >= 0.3 is 0 Å². The fourth-order valence-corrected chi connectivity index (χ4v) is 15.9. The van der Waals surface area contributed by atoms with Gasteiger partial charge in [-0.1, -0.05) is 0 Å². The van der Waals surface area contributed by atoms with Gasteiger partial charge in [-0.3, -0.25) is 19.2 Å². The van der Waals surface area contributed by atoms with Gasteiger partial charge < -0.3 is 189 Å². The van der Waals surface area contributed by atoms with Crippen LogP contribution in [0.3, 0.4) is 0 Å². The number of rotatable bonds is 31. The van der Waals surface area contributed by atoms with Gasteiger partial charge in [-0.2, -0.15) is 48.8 Å². The number of aliphatic hydroxyl groups excluding tert-OH is 19. The molecule has 0 aliphatic carbocycles. The maximum Gasteiger partial charge on any atom is 0.238 e. The molecule has 21 aliphatic rings. The number of carbonyl (C=O) groups excluding carboxylic acids is 4. The highest BCUT2D eigenvalue weighted by Gasteiger charge is 2.60. The Morgan fingerprint density at radius 3 is 0.908 bits per heavy atom. The van der Waals surface area contributed by atoms with E-state index in [1.807, 2.05) is 0 Å². The molecule has 21 fully saturated rings. The third-order valence-electron chi connectivity index (χ3n) is 19.4. The second-order valence-corrected chi connectivity index (χ2v) is 30.1. The highest BCUT2D eigenvalue weighted by molar-refractivity contribution is 7.99. The molecule has 0 spiro atoms. The summed E-state index contributed by atoms with van der Waals surface area (Å²) in [6, 6.07) is -0.860. The molecule has 22 N–H and O–H groups in total. The van der Waals surface area contributed by atoms with Crippen molar-refractivity contribution in [2.24, 2.45) is 5.92 Å². The smallest absolute Gasteiger partial charge is 0.238 e. The van der Waals surface area contributed by atoms with E-state index >= 15 is 0 Å². The average molecular weight is 1660 g/mol. The number of likely N-dealkylation sites (N-methyl/N-ethyl adjacent to an activating group) is 1. The van der Waals surface area contributed by atoms with E-state index in [9.17, 15) is 116 Å². The summed E-state index contributed by atoms with van der Waals surface area (Å²) in [5.74, 6) is -2.89. The van der Waals surface area contributed by atoms with Crippen LogP contribution < -0.4 is 16.0 Å². The average Bonchev–Trinajstić information content (AvgIpc) is 0.804. The molecule has 37 atom stereocenters. The lowest BCUT2D eigenvalue weighted by Crippen LogP contribution is -2.68. The van der Waals surface area contributed by atoms with Gasteiger partial charge in [0.05, 0.1) is 83.6 Å². The minimum atomic E-state index is -2.29. The Balaban J connectivity index is 1.09. The second-order valence-electron chi connectivity index (χ2n) is 27.1. The minimum absolute atomic E-state index is 0.0103. The van der Waals surface area contributed by atoms with Gasteiger partial charge in [0.25, 0.3) is 0 Å². The molecule has 0 aromatic heterocycles. The molecule has 0 radical (unpaired) electrons. The molecule has 2 amide bonds. The first kappa shape index (κ1) is 92.7. The highest BCUT2D eigenvalue weighted by atomic mass is 32.2. The molecule has 21 aliphatic heterocycles. The SMILES string of the molecule is CNC(CSCC1O[C@H]2O[C@@H]3C(CO)O[C@H](O[C@@H]4C(CO)O[C@H](O[C@@H]5C(CO)O[C@H](O[C@@H]6C(CSCC(CC(=O)CCOCCOCCC(C)=O)C(=O)NCCS)O[C@H](O[C@@H]7C(CO)O[C@@H](O[C@@H]8C(CO)O[C@@H](O[C@H]1[C@H](O)C2O)C(O)[C@H]8O)C(O)[C@H]7O)C(O)[C@H]6O)C(O)[C@H]5O)C(O)[C@H]4O)C(O)[C@H]3O)C(=O)NCCS. The zero-order valence-corrected chi connectivity index (χ0v) is 62.8. The van der Waals surface area contributed by atoms with Crippen LogP contribution in [0.4, 0.5) is 0 Å². The zero-order chi connectivity index (χ0) is 79.7. The Morgan fingerprint density at radius 1 is 0.367 bits per heavy atom. The molecule has 632 valence electrons. The van der Waals surface area contributed by atoms with Crippen molar-refractivity contribution in [3.05, 3.63) is 0 Å². The van der Waals surface area contributed by atoms with Crippen molar-refractivity contribution in [3.63, 3.8) is 0 Å². The summed E-state index contributed by atoms with van der Waals surface area (Å²) in [7, 11) is 1.50. The molecule has 0 saturated carbocycles. The predicted molar refractivity (Wildman–Crippen MR) is 370 cm³/mol. The molecular weight excluding hydrogens is 1550 g/mol. The Hall–Kier alpha value is -1.76. The van der Waals surface area contributed by atoms with E-state index in [-0.39, 0.29) is 93.3 Å². The number of Topliss-reactive ketones (excluding diaryl/α,β-unsaturated/α-hetero) is 2. The van der Waals surface area contributed by atoms with Crippen molar-refractivity contribution in [1.82, 2.24) is 16.0 Å². The lowest BCUT2D eigenvalue weighted by Gasteiger charge is -2.50. The molecule has 46 heteroatoms. The fraction of sp³-hybridized carbons (Fsp3) is 0.937.